The average molecular weight is 566 g/mol. The number of hydrogen-bond donors (Lipinski definition) is 2. The van der Waals surface area contributed by atoms with Crippen molar-refractivity contribution in [2.45, 2.75) is 45.8 Å². The van der Waals surface area contributed by atoms with E-state index in [-0.39, 0.29) is 11.8 Å². The van der Waals surface area contributed by atoms with Gasteiger partial charge in [-0.15, -0.1) is 0 Å². The summed E-state index contributed by atoms with van der Waals surface area (Å²) in [7, 11) is 1.56. The number of piperidine rings is 1. The second kappa shape index (κ2) is 11.9. The number of nitrogens with one attached hydrogen (secondary N) is 1. The van der Waals surface area contributed by atoms with Gasteiger partial charge < -0.3 is 24.8 Å². The van der Waals surface area contributed by atoms with Crippen molar-refractivity contribution in [2.75, 3.05) is 20.2 Å². The van der Waals surface area contributed by atoms with Gasteiger partial charge in [-0.3, -0.25) is 9.59 Å². The number of nitrogens with zero attached hydrogens (tertiary/aromatic N) is 2. The molecule has 0 radical (unpaired) electrons. The van der Waals surface area contributed by atoms with Crippen molar-refractivity contribution in [2.24, 2.45) is 11.3 Å². The van der Waals surface area contributed by atoms with Crippen LogP contribution in [-0.4, -0.2) is 53.0 Å². The standard InChI is InChI=1S/C31H36ClN3O5/c1-20(2)27(29(37)35-17-16-31(38,30(3,4)19-35)22-11-13-23(32)14-12-22)34-28(36)21-10-15-26(33-18-21)40-25-9-7-6-8-24(25)39-5/h6-15,18,20,27,38H,16-17,19H2,1-5H3,(H,34,36)/t27-,31+/m1/s1. The molecule has 0 aliphatic carbocycles. The van der Waals surface area contributed by atoms with Gasteiger partial charge in [0.1, 0.15) is 6.04 Å². The van der Waals surface area contributed by atoms with E-state index in [4.69, 9.17) is 21.1 Å². The highest BCUT2D eigenvalue weighted by atomic mass is 35.5. The number of amides is 2. The molecule has 9 heteroatoms. The largest absolute Gasteiger partial charge is 0.493 e. The zero-order valence-corrected chi connectivity index (χ0v) is 24.2. The molecule has 3 aromatic rings. The van der Waals surface area contributed by atoms with E-state index >= 15 is 0 Å². The van der Waals surface area contributed by atoms with Crippen molar-refractivity contribution in [1.29, 1.82) is 0 Å². The van der Waals surface area contributed by atoms with E-state index in [9.17, 15) is 14.7 Å². The third-order valence-electron chi connectivity index (χ3n) is 7.58. The average Bonchev–Trinajstić information content (AvgIpc) is 2.93. The minimum absolute atomic E-state index is 0.155. The number of para-hydroxylation sites is 2. The van der Waals surface area contributed by atoms with Crippen molar-refractivity contribution in [3.63, 3.8) is 0 Å². The molecule has 1 aromatic heterocycles. The Hall–Kier alpha value is -3.62. The first-order valence-electron chi connectivity index (χ1n) is 13.3. The maximum absolute atomic E-state index is 13.7. The first-order chi connectivity index (χ1) is 18.9. The van der Waals surface area contributed by atoms with Gasteiger partial charge in [-0.25, -0.2) is 4.98 Å². The molecule has 8 nitrogen and oxygen atoms in total. The van der Waals surface area contributed by atoms with E-state index < -0.39 is 23.0 Å². The lowest BCUT2D eigenvalue weighted by molar-refractivity contribution is -0.155. The van der Waals surface area contributed by atoms with E-state index in [0.29, 0.717) is 47.5 Å². The quantitative estimate of drug-likeness (QED) is 0.377. The van der Waals surface area contributed by atoms with Crippen LogP contribution in [0.5, 0.6) is 17.4 Å². The molecule has 1 saturated heterocycles. The van der Waals surface area contributed by atoms with Gasteiger partial charge in [0.05, 0.1) is 18.3 Å². The number of pyridine rings is 1. The maximum Gasteiger partial charge on any atom is 0.253 e. The number of likely N-dealkylation sites (tertiary alicyclic amines) is 1. The molecule has 40 heavy (non-hydrogen) atoms. The number of hydrogen-bond acceptors (Lipinski definition) is 6. The van der Waals surface area contributed by atoms with Crippen molar-refractivity contribution in [1.82, 2.24) is 15.2 Å². The highest BCUT2D eigenvalue weighted by molar-refractivity contribution is 6.30. The summed E-state index contributed by atoms with van der Waals surface area (Å²) in [5, 5.41) is 15.2. The Morgan fingerprint density at radius 1 is 1.05 bits per heavy atom. The molecule has 2 N–H and O–H groups in total. The Bertz CT molecular complexity index is 1340. The second-order valence-corrected chi connectivity index (χ2v) is 11.5. The molecule has 0 saturated carbocycles. The molecule has 4 rings (SSSR count). The zero-order chi connectivity index (χ0) is 29.1. The Kier molecular flexibility index (Phi) is 8.71. The number of benzene rings is 2. The van der Waals surface area contributed by atoms with Gasteiger partial charge in [-0.05, 0) is 48.2 Å². The minimum atomic E-state index is -1.12. The molecule has 0 unspecified atom stereocenters. The predicted octanol–water partition coefficient (Wildman–Crippen LogP) is 5.44. The fourth-order valence-electron chi connectivity index (χ4n) is 5.10. The Morgan fingerprint density at radius 2 is 1.73 bits per heavy atom. The van der Waals surface area contributed by atoms with Crippen LogP contribution >= 0.6 is 11.6 Å². The number of rotatable bonds is 8. The highest BCUT2D eigenvalue weighted by Gasteiger charge is 2.50. The van der Waals surface area contributed by atoms with Gasteiger partial charge in [0.25, 0.3) is 5.91 Å². The van der Waals surface area contributed by atoms with Crippen LogP contribution in [0.4, 0.5) is 0 Å². The van der Waals surface area contributed by atoms with Crippen LogP contribution in [0.3, 0.4) is 0 Å². The maximum atomic E-state index is 13.7. The molecule has 2 heterocycles. The molecule has 0 bridgehead atoms. The van der Waals surface area contributed by atoms with Crippen molar-refractivity contribution in [3.05, 3.63) is 83.0 Å². The van der Waals surface area contributed by atoms with E-state index in [1.807, 2.05) is 52.0 Å². The lowest BCUT2D eigenvalue weighted by Crippen LogP contribution is -2.60. The Labute approximate surface area is 240 Å². The molecular formula is C31H36ClN3O5. The molecule has 1 aliphatic rings. The fourth-order valence-corrected chi connectivity index (χ4v) is 5.22. The smallest absolute Gasteiger partial charge is 0.253 e. The number of methoxy groups -OCH3 is 1. The first kappa shape index (κ1) is 29.4. The van der Waals surface area contributed by atoms with Crippen molar-refractivity contribution < 1.29 is 24.2 Å². The highest BCUT2D eigenvalue weighted by Crippen LogP contribution is 2.46. The van der Waals surface area contributed by atoms with Crippen LogP contribution in [0.15, 0.2) is 66.9 Å². The van der Waals surface area contributed by atoms with Gasteiger partial charge in [0, 0.05) is 35.8 Å². The summed E-state index contributed by atoms with van der Waals surface area (Å²) in [4.78, 5) is 32.8. The molecule has 2 amide bonds. The van der Waals surface area contributed by atoms with Gasteiger partial charge in [-0.2, -0.15) is 0 Å². The van der Waals surface area contributed by atoms with Gasteiger partial charge in [0.15, 0.2) is 11.5 Å². The molecule has 1 fully saturated rings. The van der Waals surface area contributed by atoms with Crippen molar-refractivity contribution in [3.8, 4) is 17.4 Å². The topological polar surface area (TPSA) is 101 Å². The number of ether oxygens (including phenoxy) is 2. The summed E-state index contributed by atoms with van der Waals surface area (Å²) in [5.74, 6) is 0.638. The summed E-state index contributed by atoms with van der Waals surface area (Å²) < 4.78 is 11.1. The molecule has 2 aromatic carbocycles. The Balaban J connectivity index is 1.43. The third kappa shape index (κ3) is 6.08. The Morgan fingerprint density at radius 3 is 2.30 bits per heavy atom. The van der Waals surface area contributed by atoms with E-state index in [1.165, 1.54) is 6.20 Å². The van der Waals surface area contributed by atoms with Crippen LogP contribution in [-0.2, 0) is 10.4 Å². The normalized spacial score (nSPS) is 19.1. The van der Waals surface area contributed by atoms with E-state index in [0.717, 1.165) is 5.56 Å². The fraction of sp³-hybridized carbons (Fsp3) is 0.387. The van der Waals surface area contributed by atoms with Gasteiger partial charge >= 0.3 is 0 Å². The van der Waals surface area contributed by atoms with E-state index in [2.05, 4.69) is 10.3 Å². The van der Waals surface area contributed by atoms with Gasteiger partial charge in [-0.1, -0.05) is 63.6 Å². The summed E-state index contributed by atoms with van der Waals surface area (Å²) in [6, 6.07) is 16.9. The van der Waals surface area contributed by atoms with E-state index in [1.54, 1.807) is 48.4 Å². The number of carbonyl (C=O) groups is 2. The lowest BCUT2D eigenvalue weighted by Gasteiger charge is -2.51. The van der Waals surface area contributed by atoms with Crippen LogP contribution in [0, 0.1) is 11.3 Å². The lowest BCUT2D eigenvalue weighted by atomic mass is 9.66. The summed E-state index contributed by atoms with van der Waals surface area (Å²) in [5.41, 5.74) is -0.679. The molecule has 1 aliphatic heterocycles. The van der Waals surface area contributed by atoms with Gasteiger partial charge in [0.2, 0.25) is 11.8 Å². The number of aliphatic hydroxyl groups is 1. The van der Waals surface area contributed by atoms with Crippen LogP contribution in [0.1, 0.15) is 50.0 Å². The predicted molar refractivity (Wildman–Crippen MR) is 154 cm³/mol. The minimum Gasteiger partial charge on any atom is -0.493 e. The number of carbonyl (C=O) groups excluding carboxylic acids is 2. The molecular weight excluding hydrogens is 530 g/mol. The summed E-state index contributed by atoms with van der Waals surface area (Å²) in [6.07, 6.45) is 1.78. The second-order valence-electron chi connectivity index (χ2n) is 11.1. The molecule has 0 spiro atoms. The van der Waals surface area contributed by atoms with Crippen LogP contribution in [0.25, 0.3) is 0 Å². The zero-order valence-electron chi connectivity index (χ0n) is 23.5. The number of halogens is 1. The monoisotopic (exact) mass is 565 g/mol. The molecule has 2 atom stereocenters. The van der Waals surface area contributed by atoms with Crippen molar-refractivity contribution >= 4 is 23.4 Å². The van der Waals surface area contributed by atoms with Crippen LogP contribution < -0.4 is 14.8 Å². The summed E-state index contributed by atoms with van der Waals surface area (Å²) in [6.45, 7) is 8.38. The first-order valence-corrected chi connectivity index (χ1v) is 13.7. The summed E-state index contributed by atoms with van der Waals surface area (Å²) >= 11 is 6.05. The number of aromatic nitrogens is 1. The van der Waals surface area contributed by atoms with Crippen LogP contribution in [0.2, 0.25) is 5.02 Å². The SMILES string of the molecule is COc1ccccc1Oc1ccc(C(=O)N[C@@H](C(=O)N2CC[C@](O)(c3ccc(Cl)cc3)C(C)(C)C2)C(C)C)cn1. The molecule has 212 valence electrons. The third-order valence-corrected chi connectivity index (χ3v) is 7.84.